The molecule has 0 aliphatic heterocycles. The molecule has 0 aliphatic carbocycles. The molecule has 8 heavy (non-hydrogen) atoms. The molecule has 0 saturated carbocycles. The van der Waals surface area contributed by atoms with Crippen molar-refractivity contribution >= 4 is 10.3 Å². The maximum atomic E-state index is 9.40. The van der Waals surface area contributed by atoms with Gasteiger partial charge in [-0.05, 0) is 0 Å². The molecule has 5 nitrogen and oxygen atoms in total. The molecule has 0 spiro atoms. The zero-order valence-electron chi connectivity index (χ0n) is 4.29. The number of rotatable bonds is 2. The van der Waals surface area contributed by atoms with Crippen molar-refractivity contribution in [3.63, 3.8) is 0 Å². The van der Waals surface area contributed by atoms with Gasteiger partial charge in [-0.15, -0.1) is 0 Å². The van der Waals surface area contributed by atoms with Crippen LogP contribution < -0.4 is 34.3 Å². The molecule has 2 N–H and O–H groups in total. The van der Waals surface area contributed by atoms with Crippen LogP contribution in [0.3, 0.4) is 0 Å². The number of nitrogens with one attached hydrogen (secondary N) is 1. The van der Waals surface area contributed by atoms with Gasteiger partial charge in [0.15, 0.2) is 10.3 Å². The van der Waals surface area contributed by atoms with Gasteiger partial charge in [-0.25, -0.2) is 13.1 Å². The Morgan fingerprint density at radius 3 is 2.00 bits per heavy atom. The monoisotopic (exact) mass is 149 g/mol. The zero-order valence-corrected chi connectivity index (χ0v) is 7.10. The van der Waals surface area contributed by atoms with Gasteiger partial charge in [0.05, 0.1) is 0 Å². The first-order valence-corrected chi connectivity index (χ1v) is 2.78. The molecule has 0 atom stereocenters. The summed E-state index contributed by atoms with van der Waals surface area (Å²) in [6, 6.07) is 0. The molecular formula is CH4NNaO4S. The number of hydrogen-bond donors (Lipinski definition) is 2. The minimum Gasteiger partial charge on any atom is -0.735 e. The summed E-state index contributed by atoms with van der Waals surface area (Å²) >= 11 is 0. The molecule has 0 rings (SSSR count). The number of aliphatic hydroxyl groups excluding tert-OH is 1. The summed E-state index contributed by atoms with van der Waals surface area (Å²) < 4.78 is 29.5. The Kier molecular flexibility index (Phi) is 6.80. The smallest absolute Gasteiger partial charge is 0.735 e. The van der Waals surface area contributed by atoms with E-state index in [4.69, 9.17) is 5.11 Å². The second-order valence-corrected chi connectivity index (χ2v) is 1.95. The van der Waals surface area contributed by atoms with E-state index in [1.807, 2.05) is 0 Å². The van der Waals surface area contributed by atoms with E-state index in [9.17, 15) is 13.0 Å². The van der Waals surface area contributed by atoms with Crippen molar-refractivity contribution in [1.82, 2.24) is 4.72 Å². The molecule has 0 aliphatic rings. The second-order valence-electron chi connectivity index (χ2n) is 0.757. The second kappa shape index (κ2) is 4.68. The van der Waals surface area contributed by atoms with Gasteiger partial charge in [-0.2, -0.15) is 0 Å². The fourth-order valence-electron chi connectivity index (χ4n) is 0.0791. The predicted molar refractivity (Wildman–Crippen MR) is 19.9 cm³/mol. The van der Waals surface area contributed by atoms with E-state index in [0.29, 0.717) is 0 Å². The maximum Gasteiger partial charge on any atom is 1.00 e. The van der Waals surface area contributed by atoms with E-state index in [1.165, 1.54) is 4.72 Å². The van der Waals surface area contributed by atoms with Crippen molar-refractivity contribution in [2.24, 2.45) is 0 Å². The van der Waals surface area contributed by atoms with Crippen molar-refractivity contribution in [3.05, 3.63) is 0 Å². The Morgan fingerprint density at radius 2 is 2.00 bits per heavy atom. The molecule has 0 fully saturated rings. The van der Waals surface area contributed by atoms with E-state index in [-0.39, 0.29) is 29.6 Å². The van der Waals surface area contributed by atoms with Crippen molar-refractivity contribution in [1.29, 1.82) is 0 Å². The first-order valence-electron chi connectivity index (χ1n) is 1.37. The Hall–Kier alpha value is 0.830. The molecule has 0 amide bonds. The van der Waals surface area contributed by atoms with Crippen LogP contribution in [0.5, 0.6) is 0 Å². The summed E-state index contributed by atoms with van der Waals surface area (Å²) in [7, 11) is -4.42. The molecule has 7 heteroatoms. The Labute approximate surface area is 69.3 Å². The fraction of sp³-hybridized carbons (Fsp3) is 1.00. The number of aliphatic hydroxyl groups is 1. The van der Waals surface area contributed by atoms with Crippen LogP contribution in [0.2, 0.25) is 0 Å². The zero-order chi connectivity index (χ0) is 5.91. The Morgan fingerprint density at radius 1 is 1.62 bits per heavy atom. The van der Waals surface area contributed by atoms with Crippen LogP contribution >= 0.6 is 0 Å². The molecule has 0 unspecified atom stereocenters. The van der Waals surface area contributed by atoms with Crippen molar-refractivity contribution < 1.29 is 47.6 Å². The third kappa shape index (κ3) is 9.95. The molecule has 0 aromatic heterocycles. The number of hydrogen-bond acceptors (Lipinski definition) is 4. The molecule has 44 valence electrons. The van der Waals surface area contributed by atoms with Crippen molar-refractivity contribution in [2.45, 2.75) is 0 Å². The molecule has 0 aromatic rings. The molecular weight excluding hydrogens is 145 g/mol. The summed E-state index contributed by atoms with van der Waals surface area (Å²) in [5.41, 5.74) is 0. The third-order valence-electron chi connectivity index (χ3n) is 0.241. The minimum absolute atomic E-state index is 0. The van der Waals surface area contributed by atoms with E-state index < -0.39 is 17.0 Å². The summed E-state index contributed by atoms with van der Waals surface area (Å²) in [6.07, 6.45) is 0. The summed E-state index contributed by atoms with van der Waals surface area (Å²) in [4.78, 5) is 0. The summed E-state index contributed by atoms with van der Waals surface area (Å²) in [5, 5.41) is 7.71. The fourth-order valence-corrected chi connectivity index (χ4v) is 0.237. The molecule has 0 bridgehead atoms. The quantitative estimate of drug-likeness (QED) is 0.234. The van der Waals surface area contributed by atoms with E-state index in [1.54, 1.807) is 0 Å². The SMILES string of the molecule is O=S(=O)([O-])NCO.[Na+]. The summed E-state index contributed by atoms with van der Waals surface area (Å²) in [5.74, 6) is 0. The van der Waals surface area contributed by atoms with Crippen LogP contribution in [0.25, 0.3) is 0 Å². The van der Waals surface area contributed by atoms with Gasteiger partial charge in [0.1, 0.15) is 6.73 Å². The maximum absolute atomic E-state index is 9.40. The van der Waals surface area contributed by atoms with E-state index in [2.05, 4.69) is 0 Å². The normalized spacial score (nSPS) is 10.2. The van der Waals surface area contributed by atoms with E-state index >= 15 is 0 Å². The third-order valence-corrected chi connectivity index (χ3v) is 0.724. The predicted octanol–water partition coefficient (Wildman–Crippen LogP) is -5.01. The first kappa shape index (κ1) is 11.6. The van der Waals surface area contributed by atoms with Crippen LogP contribution in [-0.2, 0) is 10.3 Å². The van der Waals surface area contributed by atoms with Gasteiger partial charge in [0, 0.05) is 0 Å². The standard InChI is InChI=1S/CH5NO4S.Na/c3-1-2-7(4,5)6;/h2-3H,1H2,(H,4,5,6);/q;+1/p-1. The largest absolute Gasteiger partial charge is 1.00 e. The van der Waals surface area contributed by atoms with Crippen LogP contribution in [0.1, 0.15) is 0 Å². The minimum atomic E-state index is -4.42. The Balaban J connectivity index is 0. The Bertz CT molecular complexity index is 129. The average molecular weight is 149 g/mol. The molecule has 0 heterocycles. The van der Waals surface area contributed by atoms with Crippen LogP contribution in [0, 0.1) is 0 Å². The van der Waals surface area contributed by atoms with Gasteiger partial charge in [-0.1, -0.05) is 0 Å². The molecule has 0 aromatic carbocycles. The first-order chi connectivity index (χ1) is 3.06. The topological polar surface area (TPSA) is 89.5 Å². The van der Waals surface area contributed by atoms with Gasteiger partial charge >= 0.3 is 29.6 Å². The average Bonchev–Trinajstić information content (AvgIpc) is 1.30. The molecule has 0 radical (unpaired) electrons. The summed E-state index contributed by atoms with van der Waals surface area (Å²) in [6.45, 7) is -0.841. The van der Waals surface area contributed by atoms with Crippen LogP contribution in [-0.4, -0.2) is 24.8 Å². The van der Waals surface area contributed by atoms with Crippen LogP contribution in [0.15, 0.2) is 0 Å². The van der Waals surface area contributed by atoms with E-state index in [0.717, 1.165) is 0 Å². The molecule has 0 saturated heterocycles. The van der Waals surface area contributed by atoms with Gasteiger partial charge in [-0.3, -0.25) is 0 Å². The van der Waals surface area contributed by atoms with Crippen molar-refractivity contribution in [2.75, 3.05) is 6.73 Å². The van der Waals surface area contributed by atoms with Gasteiger partial charge < -0.3 is 9.66 Å². The van der Waals surface area contributed by atoms with Crippen molar-refractivity contribution in [3.8, 4) is 0 Å². The van der Waals surface area contributed by atoms with Gasteiger partial charge in [0.25, 0.3) is 0 Å². The van der Waals surface area contributed by atoms with Gasteiger partial charge in [0.2, 0.25) is 0 Å². The van der Waals surface area contributed by atoms with Crippen LogP contribution in [0.4, 0.5) is 0 Å².